The van der Waals surface area contributed by atoms with Gasteiger partial charge in [0.2, 0.25) is 0 Å². The van der Waals surface area contributed by atoms with Gasteiger partial charge in [-0.3, -0.25) is 0 Å². The highest BCUT2D eigenvalue weighted by Crippen LogP contribution is 2.40. The van der Waals surface area contributed by atoms with Crippen LogP contribution in [0.15, 0.2) is 152 Å². The van der Waals surface area contributed by atoms with Crippen molar-refractivity contribution in [1.29, 1.82) is 0 Å². The molecule has 0 aliphatic rings. The molecule has 0 bridgehead atoms. The topological polar surface area (TPSA) is 34.2 Å². The first-order valence-electron chi connectivity index (χ1n) is 15.7. The Bertz CT molecular complexity index is 1870. The van der Waals surface area contributed by atoms with Crippen molar-refractivity contribution in [2.75, 3.05) is 31.1 Å². The Labute approximate surface area is 279 Å². The lowest BCUT2D eigenvalue weighted by Crippen LogP contribution is -2.54. The van der Waals surface area contributed by atoms with Gasteiger partial charge in [0.05, 0.1) is 0 Å². The van der Waals surface area contributed by atoms with E-state index in [-0.39, 0.29) is 0 Å². The second kappa shape index (κ2) is 14.2. The quantitative estimate of drug-likeness (QED) is 0.132. The Morgan fingerprint density at radius 1 is 0.383 bits per heavy atom. The summed E-state index contributed by atoms with van der Waals surface area (Å²) in [5, 5.41) is 0.908. The molecule has 6 aromatic rings. The molecule has 0 N–H and O–H groups in total. The molecule has 47 heavy (non-hydrogen) atoms. The van der Waals surface area contributed by atoms with E-state index in [0.29, 0.717) is 0 Å². The smallest absolute Gasteiger partial charge is 0.373 e. The number of anilines is 6. The van der Waals surface area contributed by atoms with Gasteiger partial charge in [0, 0.05) is 60.6 Å². The Kier molecular flexibility index (Phi) is 9.66. The summed E-state index contributed by atoms with van der Waals surface area (Å²) in [5.74, 6) is 0. The van der Waals surface area contributed by atoms with Crippen molar-refractivity contribution in [2.45, 2.75) is 13.8 Å². The molecule has 0 atom stereocenters. The number of rotatable bonds is 11. The molecule has 0 radical (unpaired) electrons. The van der Waals surface area contributed by atoms with Crippen molar-refractivity contribution in [2.24, 2.45) is 0 Å². The minimum absolute atomic E-state index is 0.908. The fourth-order valence-electron chi connectivity index (χ4n) is 6.22. The Hall–Kier alpha value is -4.98. The van der Waals surface area contributed by atoms with Crippen LogP contribution in [0.2, 0.25) is 0 Å². The maximum absolute atomic E-state index is 5.72. The molecule has 0 aliphatic heterocycles. The molecule has 5 nitrogen and oxygen atoms in total. The van der Waals surface area contributed by atoms with Crippen LogP contribution in [0.4, 0.5) is 34.1 Å². The number of benzene rings is 6. The van der Waals surface area contributed by atoms with Crippen molar-refractivity contribution in [3.63, 3.8) is 0 Å². The van der Waals surface area contributed by atoms with Gasteiger partial charge >= 0.3 is 8.80 Å². The van der Waals surface area contributed by atoms with Gasteiger partial charge < -0.3 is 23.1 Å². The highest BCUT2D eigenvalue weighted by molar-refractivity contribution is 6.75. The highest BCUT2D eigenvalue weighted by atomic mass is 28.4. The summed E-state index contributed by atoms with van der Waals surface area (Å²) >= 11 is 0. The van der Waals surface area contributed by atoms with Gasteiger partial charge in [-0.25, -0.2) is 0 Å². The fraction of sp³-hybridized carbons (Fsp3) is 0.122. The zero-order valence-electron chi connectivity index (χ0n) is 27.6. The van der Waals surface area contributed by atoms with Crippen LogP contribution in [0.25, 0.3) is 11.1 Å². The van der Waals surface area contributed by atoms with E-state index in [1.54, 1.807) is 21.3 Å². The molecule has 6 rings (SSSR count). The molecule has 6 aromatic carbocycles. The lowest BCUT2D eigenvalue weighted by Gasteiger charge is -2.28. The van der Waals surface area contributed by atoms with Crippen LogP contribution in [0, 0.1) is 13.8 Å². The molecule has 236 valence electrons. The van der Waals surface area contributed by atoms with Crippen LogP contribution in [0.3, 0.4) is 0 Å². The van der Waals surface area contributed by atoms with E-state index in [4.69, 9.17) is 13.3 Å². The average molecular weight is 637 g/mol. The predicted octanol–water partition coefficient (Wildman–Crippen LogP) is 10.00. The summed E-state index contributed by atoms with van der Waals surface area (Å²) < 4.78 is 17.1. The molecule has 0 spiro atoms. The molecule has 0 saturated heterocycles. The predicted molar refractivity (Wildman–Crippen MR) is 197 cm³/mol. The maximum atomic E-state index is 5.72. The van der Waals surface area contributed by atoms with E-state index in [1.807, 2.05) is 18.2 Å². The van der Waals surface area contributed by atoms with Crippen molar-refractivity contribution >= 4 is 48.1 Å². The van der Waals surface area contributed by atoms with E-state index in [1.165, 1.54) is 22.3 Å². The Morgan fingerprint density at radius 2 is 0.702 bits per heavy atom. The van der Waals surface area contributed by atoms with E-state index in [9.17, 15) is 0 Å². The minimum Gasteiger partial charge on any atom is -0.373 e. The van der Waals surface area contributed by atoms with E-state index >= 15 is 0 Å². The van der Waals surface area contributed by atoms with Gasteiger partial charge in [-0.05, 0) is 109 Å². The second-order valence-corrected chi connectivity index (χ2v) is 14.3. The third kappa shape index (κ3) is 6.50. The fourth-order valence-corrected chi connectivity index (χ4v) is 8.00. The van der Waals surface area contributed by atoms with Gasteiger partial charge in [0.15, 0.2) is 0 Å². The number of hydrogen-bond acceptors (Lipinski definition) is 5. The number of hydrogen-bond donors (Lipinski definition) is 0. The largest absolute Gasteiger partial charge is 0.536 e. The van der Waals surface area contributed by atoms with Crippen LogP contribution in [-0.2, 0) is 13.3 Å². The van der Waals surface area contributed by atoms with Crippen LogP contribution in [-0.4, -0.2) is 30.1 Å². The van der Waals surface area contributed by atoms with Gasteiger partial charge in [0.25, 0.3) is 0 Å². The molecule has 0 amide bonds. The first-order chi connectivity index (χ1) is 23.0. The normalized spacial score (nSPS) is 11.3. The summed E-state index contributed by atoms with van der Waals surface area (Å²) in [6.45, 7) is 4.38. The maximum Gasteiger partial charge on any atom is 0.536 e. The molecular formula is C41H40N2O3Si. The average Bonchev–Trinajstić information content (AvgIpc) is 3.12. The molecule has 0 aliphatic carbocycles. The van der Waals surface area contributed by atoms with Crippen molar-refractivity contribution in [1.82, 2.24) is 0 Å². The first kappa shape index (κ1) is 32.0. The monoisotopic (exact) mass is 636 g/mol. The lowest BCUT2D eigenvalue weighted by molar-refractivity contribution is 0.140. The van der Waals surface area contributed by atoms with E-state index < -0.39 is 8.80 Å². The zero-order chi connectivity index (χ0) is 32.8. The zero-order valence-corrected chi connectivity index (χ0v) is 28.6. The number of aryl methyl sites for hydroxylation is 2. The minimum atomic E-state index is -2.94. The molecule has 6 heteroatoms. The standard InChI is InChI=1S/C41H40N2O3Si/c1-31-29-37(42(33-15-9-6-10-16-33)34-17-11-7-12-18-34)23-27-40(31)41-28-24-38(30-32(41)2)43(35-19-13-8-14-20-35)36-21-25-39(26-22-36)47(44-3,45-4)46-5/h6-30H,1-5H3. The Balaban J connectivity index is 1.36. The van der Waals surface area contributed by atoms with Gasteiger partial charge in [-0.1, -0.05) is 78.9 Å². The molecule has 0 heterocycles. The number of para-hydroxylation sites is 3. The molecule has 0 aromatic heterocycles. The molecule has 0 fully saturated rings. The third-order valence-electron chi connectivity index (χ3n) is 8.55. The van der Waals surface area contributed by atoms with Crippen molar-refractivity contribution in [3.05, 3.63) is 163 Å². The van der Waals surface area contributed by atoms with Crippen molar-refractivity contribution in [3.8, 4) is 11.1 Å². The summed E-state index contributed by atoms with van der Waals surface area (Å²) in [4.78, 5) is 4.57. The lowest BCUT2D eigenvalue weighted by atomic mass is 9.95. The molecular weight excluding hydrogens is 597 g/mol. The second-order valence-electron chi connectivity index (χ2n) is 11.4. The van der Waals surface area contributed by atoms with Crippen LogP contribution >= 0.6 is 0 Å². The summed E-state index contributed by atoms with van der Waals surface area (Å²) in [6, 6.07) is 53.2. The number of nitrogens with zero attached hydrogens (tertiary/aromatic N) is 2. The van der Waals surface area contributed by atoms with Crippen LogP contribution in [0.1, 0.15) is 11.1 Å². The van der Waals surface area contributed by atoms with E-state index in [2.05, 4.69) is 157 Å². The third-order valence-corrected chi connectivity index (χ3v) is 11.2. The highest BCUT2D eigenvalue weighted by Gasteiger charge is 2.40. The van der Waals surface area contributed by atoms with Crippen LogP contribution in [0.5, 0.6) is 0 Å². The molecule has 0 unspecified atom stereocenters. The van der Waals surface area contributed by atoms with Gasteiger partial charge in [-0.15, -0.1) is 0 Å². The summed E-state index contributed by atoms with van der Waals surface area (Å²) in [7, 11) is 1.95. The Morgan fingerprint density at radius 3 is 1.02 bits per heavy atom. The van der Waals surface area contributed by atoms with E-state index in [0.717, 1.165) is 39.3 Å². The SMILES string of the molecule is CO[Si](OC)(OC)c1ccc(N(c2ccccc2)c2ccc(-c3ccc(N(c4ccccc4)c4ccccc4)cc3C)c(C)c2)cc1. The van der Waals surface area contributed by atoms with Gasteiger partial charge in [0.1, 0.15) is 0 Å². The summed E-state index contributed by atoms with van der Waals surface area (Å²) in [6.07, 6.45) is 0. The first-order valence-corrected chi connectivity index (χ1v) is 17.4. The van der Waals surface area contributed by atoms with Crippen molar-refractivity contribution < 1.29 is 13.3 Å². The van der Waals surface area contributed by atoms with Gasteiger partial charge in [-0.2, -0.15) is 0 Å². The summed E-state index contributed by atoms with van der Waals surface area (Å²) in [5.41, 5.74) is 11.4. The molecule has 0 saturated carbocycles. The van der Waals surface area contributed by atoms with Crippen LogP contribution < -0.4 is 15.0 Å².